The van der Waals surface area contributed by atoms with Crippen LogP contribution < -0.4 is 20.3 Å². The summed E-state index contributed by atoms with van der Waals surface area (Å²) in [7, 11) is 0. The first-order chi connectivity index (χ1) is 17.1. The molecule has 0 bridgehead atoms. The molecule has 2 aromatic carbocycles. The molecule has 0 spiro atoms. The first-order valence-electron chi connectivity index (χ1n) is 11.9. The minimum atomic E-state index is -0.342. The molecular formula is C25H27FN6O2S. The number of nitrogens with zero attached hydrogens (tertiary/aromatic N) is 4. The molecule has 0 saturated carbocycles. The number of nitrogens with one attached hydrogen (secondary N) is 2. The van der Waals surface area contributed by atoms with E-state index < -0.39 is 0 Å². The molecule has 4 heterocycles. The quantitative estimate of drug-likeness (QED) is 0.410. The van der Waals surface area contributed by atoms with Crippen LogP contribution in [0.15, 0.2) is 36.1 Å². The number of aromatic nitrogens is 3. The van der Waals surface area contributed by atoms with E-state index in [1.54, 1.807) is 17.6 Å². The zero-order chi connectivity index (χ0) is 23.9. The summed E-state index contributed by atoms with van der Waals surface area (Å²) in [5.41, 5.74) is 4.43. The van der Waals surface area contributed by atoms with E-state index in [9.17, 15) is 0 Å². The van der Waals surface area contributed by atoms with E-state index in [0.29, 0.717) is 52.6 Å². The normalized spacial score (nSPS) is 19.6. The fourth-order valence-corrected chi connectivity index (χ4v) is 5.34. The molecule has 0 unspecified atom stereocenters. The molecule has 0 radical (unpaired) electrons. The fourth-order valence-electron chi connectivity index (χ4n) is 4.62. The number of fused-ring (bicyclic) bond motifs is 2. The van der Waals surface area contributed by atoms with Gasteiger partial charge in [0.05, 0.1) is 45.5 Å². The fraction of sp³-hybridized carbons (Fsp3) is 0.400. The molecule has 0 amide bonds. The van der Waals surface area contributed by atoms with E-state index in [1.807, 2.05) is 0 Å². The number of thiazole rings is 1. The molecule has 8 nitrogen and oxygen atoms in total. The maximum atomic E-state index is 15.2. The highest BCUT2D eigenvalue weighted by atomic mass is 32.1. The Morgan fingerprint density at radius 2 is 2.11 bits per heavy atom. The van der Waals surface area contributed by atoms with Crippen LogP contribution >= 0.6 is 11.3 Å². The molecule has 35 heavy (non-hydrogen) atoms. The second kappa shape index (κ2) is 9.18. The van der Waals surface area contributed by atoms with Crippen molar-refractivity contribution in [3.63, 3.8) is 0 Å². The van der Waals surface area contributed by atoms with Crippen molar-refractivity contribution < 1.29 is 13.9 Å². The summed E-state index contributed by atoms with van der Waals surface area (Å²) in [4.78, 5) is 15.6. The molecule has 2 saturated heterocycles. The lowest BCUT2D eigenvalue weighted by atomic mass is 10.0. The number of anilines is 3. The number of hydrogen-bond acceptors (Lipinski definition) is 9. The number of rotatable bonds is 6. The standard InChI is InChI=1S/C25H27FN6O2S/c1-14-9-32(6-5-27-14)17-7-20-22(21(8-17)34-15(2)16-10-33-11-16)25(29-12-28-20)31-18-3-4-19-24(23(18)26)35-13-30-19/h3-4,7-8,12-16,27H,5-6,9-11H2,1-2H3,(H,28,29,31)/t14-,15+/m1/s1. The molecule has 2 atom stereocenters. The highest BCUT2D eigenvalue weighted by molar-refractivity contribution is 7.16. The lowest BCUT2D eigenvalue weighted by molar-refractivity contribution is -0.0773. The van der Waals surface area contributed by atoms with Gasteiger partial charge in [0.15, 0.2) is 5.82 Å². The van der Waals surface area contributed by atoms with Crippen LogP contribution in [0, 0.1) is 11.7 Å². The molecular weight excluding hydrogens is 467 g/mol. The predicted molar refractivity (Wildman–Crippen MR) is 136 cm³/mol. The van der Waals surface area contributed by atoms with E-state index in [0.717, 1.165) is 36.2 Å². The molecule has 4 aromatic rings. The van der Waals surface area contributed by atoms with Gasteiger partial charge in [-0.3, -0.25) is 0 Å². The van der Waals surface area contributed by atoms with Gasteiger partial charge < -0.3 is 25.0 Å². The number of benzene rings is 2. The van der Waals surface area contributed by atoms with E-state index in [2.05, 4.69) is 56.5 Å². The van der Waals surface area contributed by atoms with Gasteiger partial charge in [-0.05, 0) is 32.0 Å². The van der Waals surface area contributed by atoms with Gasteiger partial charge in [0, 0.05) is 43.3 Å². The first-order valence-corrected chi connectivity index (χ1v) is 12.7. The monoisotopic (exact) mass is 494 g/mol. The Morgan fingerprint density at radius 1 is 1.23 bits per heavy atom. The van der Waals surface area contributed by atoms with Gasteiger partial charge in [0.25, 0.3) is 0 Å². The van der Waals surface area contributed by atoms with Crippen molar-refractivity contribution >= 4 is 49.6 Å². The summed E-state index contributed by atoms with van der Waals surface area (Å²) in [6, 6.07) is 8.01. The van der Waals surface area contributed by atoms with Crippen molar-refractivity contribution in [2.45, 2.75) is 26.0 Å². The summed E-state index contributed by atoms with van der Waals surface area (Å²) in [6.07, 6.45) is 1.47. The Kier molecular flexibility index (Phi) is 5.87. The Morgan fingerprint density at radius 3 is 2.91 bits per heavy atom. The van der Waals surface area contributed by atoms with Gasteiger partial charge in [-0.2, -0.15) is 0 Å². The third-order valence-electron chi connectivity index (χ3n) is 6.75. The van der Waals surface area contributed by atoms with Gasteiger partial charge >= 0.3 is 0 Å². The second-order valence-corrected chi connectivity index (χ2v) is 10.1. The lowest BCUT2D eigenvalue weighted by Crippen LogP contribution is -2.49. The van der Waals surface area contributed by atoms with Crippen LogP contribution in [-0.4, -0.2) is 59.9 Å². The van der Waals surface area contributed by atoms with Gasteiger partial charge in [-0.15, -0.1) is 11.3 Å². The van der Waals surface area contributed by atoms with Gasteiger partial charge in [0.1, 0.15) is 24.0 Å². The molecule has 2 aromatic heterocycles. The van der Waals surface area contributed by atoms with E-state index >= 15 is 4.39 Å². The largest absolute Gasteiger partial charge is 0.489 e. The molecule has 2 N–H and O–H groups in total. The summed E-state index contributed by atoms with van der Waals surface area (Å²) >= 11 is 1.28. The molecule has 6 rings (SSSR count). The van der Waals surface area contributed by atoms with Crippen LogP contribution in [0.1, 0.15) is 13.8 Å². The maximum Gasteiger partial charge on any atom is 0.166 e. The molecule has 182 valence electrons. The highest BCUT2D eigenvalue weighted by Crippen LogP contribution is 2.38. The minimum absolute atomic E-state index is 0.0394. The van der Waals surface area contributed by atoms with E-state index in [4.69, 9.17) is 9.47 Å². The predicted octanol–water partition coefficient (Wildman–Crippen LogP) is 4.33. The average molecular weight is 495 g/mol. The number of halogens is 1. The van der Waals surface area contributed by atoms with Crippen LogP contribution in [0.25, 0.3) is 21.1 Å². The Hall–Kier alpha value is -3.08. The summed E-state index contributed by atoms with van der Waals surface area (Å²) < 4.78 is 27.6. The zero-order valence-corrected chi connectivity index (χ0v) is 20.4. The Bertz CT molecular complexity index is 1380. The van der Waals surface area contributed by atoms with Crippen molar-refractivity contribution in [1.29, 1.82) is 0 Å². The molecule has 10 heteroatoms. The van der Waals surface area contributed by atoms with Crippen molar-refractivity contribution in [3.05, 3.63) is 41.9 Å². The summed E-state index contributed by atoms with van der Waals surface area (Å²) in [6.45, 7) is 8.34. The molecule has 2 fully saturated rings. The number of hydrogen-bond donors (Lipinski definition) is 2. The summed E-state index contributed by atoms with van der Waals surface area (Å²) in [5.74, 6) is 1.18. The van der Waals surface area contributed by atoms with E-state index in [1.165, 1.54) is 17.7 Å². The lowest BCUT2D eigenvalue weighted by Gasteiger charge is -2.35. The molecule has 0 aliphatic carbocycles. The second-order valence-electron chi connectivity index (χ2n) is 9.23. The van der Waals surface area contributed by atoms with E-state index in [-0.39, 0.29) is 11.9 Å². The molecule has 2 aliphatic heterocycles. The Labute approximate surface area is 206 Å². The zero-order valence-electron chi connectivity index (χ0n) is 19.6. The smallest absolute Gasteiger partial charge is 0.166 e. The first kappa shape index (κ1) is 22.4. The third-order valence-corrected chi connectivity index (χ3v) is 7.59. The van der Waals surface area contributed by atoms with Gasteiger partial charge in [0.2, 0.25) is 0 Å². The maximum absolute atomic E-state index is 15.2. The van der Waals surface area contributed by atoms with Crippen LogP contribution in [-0.2, 0) is 4.74 Å². The number of piperazine rings is 1. The van der Waals surface area contributed by atoms with Crippen LogP contribution in [0.5, 0.6) is 5.75 Å². The topological polar surface area (TPSA) is 84.4 Å². The van der Waals surface area contributed by atoms with Crippen molar-refractivity contribution in [2.24, 2.45) is 5.92 Å². The van der Waals surface area contributed by atoms with Gasteiger partial charge in [-0.1, -0.05) is 0 Å². The summed E-state index contributed by atoms with van der Waals surface area (Å²) in [5, 5.41) is 7.42. The Balaban J connectivity index is 1.43. The SMILES string of the molecule is C[C@@H]1CN(c2cc(O[C@@H](C)C3COC3)c3c(Nc4ccc5ncsc5c4F)ncnc3c2)CCN1. The van der Waals surface area contributed by atoms with Gasteiger partial charge in [-0.25, -0.2) is 19.3 Å². The average Bonchev–Trinajstić information content (AvgIpc) is 3.29. The molecule has 2 aliphatic rings. The van der Waals surface area contributed by atoms with Crippen molar-refractivity contribution in [1.82, 2.24) is 20.3 Å². The highest BCUT2D eigenvalue weighted by Gasteiger charge is 2.28. The minimum Gasteiger partial charge on any atom is -0.489 e. The van der Waals surface area contributed by atoms with Crippen molar-refractivity contribution in [3.8, 4) is 5.75 Å². The number of ether oxygens (including phenoxy) is 2. The van der Waals surface area contributed by atoms with Crippen LogP contribution in [0.4, 0.5) is 21.6 Å². The van der Waals surface area contributed by atoms with Crippen LogP contribution in [0.3, 0.4) is 0 Å². The van der Waals surface area contributed by atoms with Crippen LogP contribution in [0.2, 0.25) is 0 Å². The van der Waals surface area contributed by atoms with Crippen molar-refractivity contribution in [2.75, 3.05) is 43.1 Å². The third kappa shape index (κ3) is 4.26.